The first-order valence-electron chi connectivity index (χ1n) is 9.08. The van der Waals surface area contributed by atoms with Crippen LogP contribution in [0.25, 0.3) is 0 Å². The van der Waals surface area contributed by atoms with Crippen molar-refractivity contribution in [2.75, 3.05) is 11.1 Å². The van der Waals surface area contributed by atoms with Crippen molar-refractivity contribution in [1.29, 1.82) is 0 Å². The fraction of sp³-hybridized carbons (Fsp3) is 0.500. The molecule has 1 fully saturated rings. The molecular weight excluding hydrogens is 352 g/mol. The van der Waals surface area contributed by atoms with Gasteiger partial charge in [-0.3, -0.25) is 24.2 Å². The molecule has 1 saturated carbocycles. The average Bonchev–Trinajstić information content (AvgIpc) is 2.83. The first-order chi connectivity index (χ1) is 12.6. The molecule has 0 unspecified atom stereocenters. The third-order valence-corrected chi connectivity index (χ3v) is 6.44. The summed E-state index contributed by atoms with van der Waals surface area (Å²) in [5.74, 6) is 0.593. The Morgan fingerprint density at radius 3 is 2.54 bits per heavy atom. The van der Waals surface area contributed by atoms with Crippen molar-refractivity contribution in [1.82, 2.24) is 14.8 Å². The van der Waals surface area contributed by atoms with Crippen LogP contribution < -0.4 is 16.4 Å². The second kappa shape index (κ2) is 7.19. The zero-order chi connectivity index (χ0) is 18.1. The maximum atomic E-state index is 12.8. The van der Waals surface area contributed by atoms with Gasteiger partial charge in [0.2, 0.25) is 5.91 Å². The molecule has 0 bridgehead atoms. The minimum absolute atomic E-state index is 0.146. The summed E-state index contributed by atoms with van der Waals surface area (Å²) in [7, 11) is 0. The number of aromatic nitrogens is 3. The Balaban J connectivity index is 1.84. The van der Waals surface area contributed by atoms with Gasteiger partial charge in [-0.1, -0.05) is 31.7 Å². The molecule has 7 nitrogen and oxygen atoms in total. The average molecular weight is 374 g/mol. The van der Waals surface area contributed by atoms with Crippen molar-refractivity contribution < 1.29 is 4.79 Å². The normalized spacial score (nSPS) is 21.5. The Kier molecular flexibility index (Phi) is 4.76. The van der Waals surface area contributed by atoms with E-state index in [1.807, 2.05) is 4.68 Å². The first kappa shape index (κ1) is 17.2. The molecule has 2 aromatic rings. The minimum atomic E-state index is -0.468. The SMILES string of the molecule is O=C1CS[C@H](c2ccc[nH]c2=O)c2c(n(C3CCCCCC3)[nH]c2=O)N1. The number of carbonyl (C=O) groups excluding carboxylic acids is 1. The number of nitrogens with one attached hydrogen (secondary N) is 3. The highest BCUT2D eigenvalue weighted by Gasteiger charge is 2.33. The molecule has 1 amide bonds. The monoisotopic (exact) mass is 374 g/mol. The van der Waals surface area contributed by atoms with Gasteiger partial charge in [0, 0.05) is 11.8 Å². The van der Waals surface area contributed by atoms with Crippen LogP contribution in [0.1, 0.15) is 60.9 Å². The maximum absolute atomic E-state index is 12.8. The van der Waals surface area contributed by atoms with Gasteiger partial charge in [-0.05, 0) is 18.9 Å². The topological polar surface area (TPSA) is 99.8 Å². The summed E-state index contributed by atoms with van der Waals surface area (Å²) in [6.07, 6.45) is 8.17. The molecule has 8 heteroatoms. The van der Waals surface area contributed by atoms with Gasteiger partial charge in [-0.2, -0.15) is 0 Å². The summed E-state index contributed by atoms with van der Waals surface area (Å²) in [5.41, 5.74) is 0.514. The molecule has 4 rings (SSSR count). The van der Waals surface area contributed by atoms with Crippen molar-refractivity contribution in [2.45, 2.75) is 49.8 Å². The van der Waals surface area contributed by atoms with Crippen LogP contribution in [0.5, 0.6) is 0 Å². The smallest absolute Gasteiger partial charge is 0.270 e. The Bertz CT molecular complexity index is 921. The molecule has 3 N–H and O–H groups in total. The molecule has 1 atom stereocenters. The van der Waals surface area contributed by atoms with E-state index in [4.69, 9.17) is 0 Å². The van der Waals surface area contributed by atoms with Gasteiger partial charge in [0.25, 0.3) is 11.1 Å². The number of carbonyl (C=O) groups is 1. The van der Waals surface area contributed by atoms with Crippen LogP contribution in [0.4, 0.5) is 5.82 Å². The highest BCUT2D eigenvalue weighted by atomic mass is 32.2. The third kappa shape index (κ3) is 3.13. The number of thioether (sulfide) groups is 1. The number of aromatic amines is 2. The van der Waals surface area contributed by atoms with Crippen LogP contribution in [0.3, 0.4) is 0 Å². The summed E-state index contributed by atoms with van der Waals surface area (Å²) in [4.78, 5) is 40.0. The Labute approximate surface area is 154 Å². The Hall–Kier alpha value is -2.22. The van der Waals surface area contributed by atoms with Gasteiger partial charge in [0.15, 0.2) is 0 Å². The van der Waals surface area contributed by atoms with E-state index in [1.54, 1.807) is 18.3 Å². The number of hydrogen-bond donors (Lipinski definition) is 3. The van der Waals surface area contributed by atoms with Gasteiger partial charge in [-0.25, -0.2) is 0 Å². The third-order valence-electron chi connectivity index (χ3n) is 5.18. The van der Waals surface area contributed by atoms with Crippen molar-refractivity contribution in [2.24, 2.45) is 0 Å². The summed E-state index contributed by atoms with van der Waals surface area (Å²) >= 11 is 1.31. The number of amides is 1. The van der Waals surface area contributed by atoms with Gasteiger partial charge in [0.05, 0.1) is 22.6 Å². The summed E-state index contributed by atoms with van der Waals surface area (Å²) in [5, 5.41) is 5.38. The van der Waals surface area contributed by atoms with E-state index in [0.717, 1.165) is 25.7 Å². The summed E-state index contributed by atoms with van der Waals surface area (Å²) in [6.45, 7) is 0. The lowest BCUT2D eigenvalue weighted by atomic mass is 10.1. The molecule has 0 saturated heterocycles. The zero-order valence-electron chi connectivity index (χ0n) is 14.4. The molecule has 26 heavy (non-hydrogen) atoms. The van der Waals surface area contributed by atoms with Crippen molar-refractivity contribution in [3.63, 3.8) is 0 Å². The molecule has 2 aromatic heterocycles. The molecule has 138 valence electrons. The van der Waals surface area contributed by atoms with Crippen LogP contribution in [-0.4, -0.2) is 26.4 Å². The van der Waals surface area contributed by atoms with Crippen LogP contribution in [0.15, 0.2) is 27.9 Å². The summed E-state index contributed by atoms with van der Waals surface area (Å²) < 4.78 is 1.84. The largest absolute Gasteiger partial charge is 0.329 e. The fourth-order valence-electron chi connectivity index (χ4n) is 3.92. The molecule has 1 aliphatic heterocycles. The number of rotatable bonds is 2. The predicted molar refractivity (Wildman–Crippen MR) is 102 cm³/mol. The predicted octanol–water partition coefficient (Wildman–Crippen LogP) is 2.53. The van der Waals surface area contributed by atoms with E-state index in [-0.39, 0.29) is 28.8 Å². The maximum Gasteiger partial charge on any atom is 0.270 e. The number of fused-ring (bicyclic) bond motifs is 1. The van der Waals surface area contributed by atoms with Gasteiger partial charge in [-0.15, -0.1) is 11.8 Å². The molecule has 2 aliphatic rings. The zero-order valence-corrected chi connectivity index (χ0v) is 15.2. The lowest BCUT2D eigenvalue weighted by Crippen LogP contribution is -2.20. The standard InChI is InChI=1S/C18H22N4O3S/c23-13-10-26-15(12-8-5-9-19-17(12)24)14-16(20-13)22(21-18(14)25)11-6-3-1-2-4-7-11/h5,8-9,11,15H,1-4,6-7,10H2,(H,19,24)(H,20,23)(H,21,25)/t15-/m1/s1. The quantitative estimate of drug-likeness (QED) is 0.703. The van der Waals surface area contributed by atoms with Crippen LogP contribution in [0, 0.1) is 0 Å². The number of pyridine rings is 1. The molecule has 0 spiro atoms. The lowest BCUT2D eigenvalue weighted by molar-refractivity contribution is -0.113. The molecular formula is C18H22N4O3S. The highest BCUT2D eigenvalue weighted by molar-refractivity contribution is 8.00. The number of anilines is 1. The number of nitrogens with zero attached hydrogens (tertiary/aromatic N) is 1. The van der Waals surface area contributed by atoms with E-state index in [1.165, 1.54) is 24.6 Å². The van der Waals surface area contributed by atoms with E-state index in [0.29, 0.717) is 16.9 Å². The summed E-state index contributed by atoms with van der Waals surface area (Å²) in [6, 6.07) is 3.64. The van der Waals surface area contributed by atoms with Crippen LogP contribution in [-0.2, 0) is 4.79 Å². The van der Waals surface area contributed by atoms with Gasteiger partial charge in [0.1, 0.15) is 5.82 Å². The Morgan fingerprint density at radius 1 is 1.04 bits per heavy atom. The minimum Gasteiger partial charge on any atom is -0.329 e. The van der Waals surface area contributed by atoms with E-state index in [9.17, 15) is 14.4 Å². The number of hydrogen-bond acceptors (Lipinski definition) is 4. The molecule has 0 aromatic carbocycles. The Morgan fingerprint density at radius 2 is 1.81 bits per heavy atom. The molecule has 3 heterocycles. The number of H-pyrrole nitrogens is 2. The fourth-order valence-corrected chi connectivity index (χ4v) is 5.06. The van der Waals surface area contributed by atoms with E-state index < -0.39 is 5.25 Å². The van der Waals surface area contributed by atoms with Crippen LogP contribution >= 0.6 is 11.8 Å². The first-order valence-corrected chi connectivity index (χ1v) is 10.1. The lowest BCUT2D eigenvalue weighted by Gasteiger charge is -2.19. The van der Waals surface area contributed by atoms with E-state index in [2.05, 4.69) is 15.4 Å². The second-order valence-electron chi connectivity index (χ2n) is 6.91. The van der Waals surface area contributed by atoms with E-state index >= 15 is 0 Å². The van der Waals surface area contributed by atoms with Crippen molar-refractivity contribution in [3.05, 3.63) is 50.2 Å². The molecule has 0 radical (unpaired) electrons. The van der Waals surface area contributed by atoms with Gasteiger partial charge >= 0.3 is 0 Å². The van der Waals surface area contributed by atoms with Crippen LogP contribution in [0.2, 0.25) is 0 Å². The molecule has 1 aliphatic carbocycles. The van der Waals surface area contributed by atoms with Gasteiger partial charge < -0.3 is 10.3 Å². The van der Waals surface area contributed by atoms with Crippen molar-refractivity contribution >= 4 is 23.5 Å². The highest BCUT2D eigenvalue weighted by Crippen LogP contribution is 2.40. The second-order valence-corrected chi connectivity index (χ2v) is 8.01. The van der Waals surface area contributed by atoms with Crippen molar-refractivity contribution in [3.8, 4) is 0 Å².